The molecule has 0 saturated carbocycles. The number of fused-ring (bicyclic) bond motifs is 4. The van der Waals surface area contributed by atoms with E-state index in [2.05, 4.69) is 29.9 Å². The first-order valence-corrected chi connectivity index (χ1v) is 18.4. The third kappa shape index (κ3) is 6.61. The standard InChI is InChI=1S/C21H27N10O16P3/c22-20-26-14-8(16(33)28-20)24-4-30(14)18-10(32)11-7(44-18)3-42-50(39,40)47-12-6(1-2-41-49(37,38)46-11)43-19(13(12)45-48(35)36)31-5-25-9-15(31)27-21(23)29-17(9)34/h4-7,10-13,18-19,32,35-36H,1-3H2,(H,37,38)(H,39,40)(H3,22,26,28,33)(H3,23,27,29,34)/t6-,7+,10+,11?,12?,13+,18-,19-/m1/s1. The molecule has 0 radical (unpaired) electrons. The van der Waals surface area contributed by atoms with Crippen molar-refractivity contribution in [3.05, 3.63) is 33.4 Å². The van der Waals surface area contributed by atoms with Crippen LogP contribution in [-0.2, 0) is 41.2 Å². The molecule has 3 aliphatic heterocycles. The van der Waals surface area contributed by atoms with Crippen molar-refractivity contribution >= 4 is 58.5 Å². The van der Waals surface area contributed by atoms with Gasteiger partial charge in [-0.3, -0.25) is 46.8 Å². The van der Waals surface area contributed by atoms with Crippen LogP contribution in [-0.4, -0.2) is 114 Å². The van der Waals surface area contributed by atoms with E-state index < -0.39 is 97.7 Å². The third-order valence-electron chi connectivity index (χ3n) is 7.83. The number of hydrogen-bond donors (Lipinski definition) is 9. The Balaban J connectivity index is 1.20. The van der Waals surface area contributed by atoms with Crippen molar-refractivity contribution in [1.29, 1.82) is 0 Å². The van der Waals surface area contributed by atoms with Gasteiger partial charge in [0.1, 0.15) is 30.5 Å². The number of phosphoric ester groups is 2. The minimum atomic E-state index is -5.22. The van der Waals surface area contributed by atoms with Crippen LogP contribution in [0.4, 0.5) is 11.9 Å². The number of ether oxygens (including phenoxy) is 2. The highest BCUT2D eigenvalue weighted by Crippen LogP contribution is 2.54. The molecule has 50 heavy (non-hydrogen) atoms. The van der Waals surface area contributed by atoms with Gasteiger partial charge in [-0.15, -0.1) is 0 Å². The van der Waals surface area contributed by atoms with Gasteiger partial charge >= 0.3 is 24.2 Å². The van der Waals surface area contributed by atoms with Gasteiger partial charge in [0.05, 0.1) is 32.0 Å². The van der Waals surface area contributed by atoms with Crippen LogP contribution in [0.5, 0.6) is 0 Å². The van der Waals surface area contributed by atoms with Crippen LogP contribution in [0.25, 0.3) is 22.3 Å². The van der Waals surface area contributed by atoms with Gasteiger partial charge in [-0.05, 0) is 0 Å². The summed E-state index contributed by atoms with van der Waals surface area (Å²) in [5.74, 6) is -0.602. The molecule has 3 aliphatic rings. The lowest BCUT2D eigenvalue weighted by Crippen LogP contribution is -2.36. The van der Waals surface area contributed by atoms with E-state index in [-0.39, 0.29) is 40.6 Å². The number of hydrogen-bond acceptors (Lipinski definition) is 20. The van der Waals surface area contributed by atoms with E-state index >= 15 is 0 Å². The van der Waals surface area contributed by atoms with Crippen LogP contribution in [0.15, 0.2) is 22.2 Å². The number of H-pyrrole nitrogens is 2. The normalized spacial score (nSPS) is 35.5. The van der Waals surface area contributed by atoms with Crippen molar-refractivity contribution in [3.8, 4) is 0 Å². The summed E-state index contributed by atoms with van der Waals surface area (Å²) in [5.41, 5.74) is 9.23. The fourth-order valence-corrected chi connectivity index (χ4v) is 8.17. The number of rotatable bonds is 4. The molecule has 0 aromatic carbocycles. The average molecular weight is 768 g/mol. The van der Waals surface area contributed by atoms with E-state index in [9.17, 15) is 43.4 Å². The third-order valence-corrected chi connectivity index (χ3v) is 10.3. The number of nitrogens with one attached hydrogen (secondary N) is 2. The molecule has 3 saturated heterocycles. The molecule has 4 unspecified atom stereocenters. The Morgan fingerprint density at radius 1 is 0.860 bits per heavy atom. The fraction of sp³-hybridized carbons (Fsp3) is 0.524. The average Bonchev–Trinajstić information content (AvgIpc) is 3.77. The summed E-state index contributed by atoms with van der Waals surface area (Å²) in [6.07, 6.45) is -11.0. The summed E-state index contributed by atoms with van der Waals surface area (Å²) < 4.78 is 66.8. The van der Waals surface area contributed by atoms with E-state index in [4.69, 9.17) is 43.6 Å². The predicted molar refractivity (Wildman–Crippen MR) is 161 cm³/mol. The first kappa shape index (κ1) is 35.1. The minimum Gasteiger partial charge on any atom is -0.386 e. The van der Waals surface area contributed by atoms with Crippen LogP contribution >= 0.6 is 24.2 Å². The number of nitrogens with two attached hydrogens (primary N) is 2. The molecular formula is C21H27N10O16P3. The first-order valence-electron chi connectivity index (χ1n) is 14.2. The molecule has 3 fully saturated rings. The quantitative estimate of drug-likeness (QED) is 0.0975. The highest BCUT2D eigenvalue weighted by Gasteiger charge is 2.54. The molecule has 29 heteroatoms. The van der Waals surface area contributed by atoms with Gasteiger partial charge in [0.2, 0.25) is 11.9 Å². The SMILES string of the molecule is Nc1nc2c(ncn2[C@@H]2O[C@H]3COP(=O)(O)OC4[C@@H](CCOP(=O)(O)OC3[C@@H]2O)O[C@@H](n2cnc3c(=O)[nH]c(N)nc32)[C@H]4OP(O)O)c(=O)[nH]1. The molecule has 26 nitrogen and oxygen atoms in total. The number of phosphoric acid groups is 2. The van der Waals surface area contributed by atoms with Crippen molar-refractivity contribution in [3.63, 3.8) is 0 Å². The van der Waals surface area contributed by atoms with Gasteiger partial charge < -0.3 is 50.1 Å². The number of nitrogens with zero attached hydrogens (tertiary/aromatic N) is 6. The van der Waals surface area contributed by atoms with Crippen LogP contribution < -0.4 is 22.6 Å². The number of aliphatic hydroxyl groups excluding tert-OH is 1. The lowest BCUT2D eigenvalue weighted by molar-refractivity contribution is -0.0545. The molecule has 0 aliphatic carbocycles. The summed E-state index contributed by atoms with van der Waals surface area (Å²) in [5, 5.41) is 11.2. The molecule has 0 amide bonds. The second-order valence-corrected chi connectivity index (χ2v) is 14.5. The molecule has 7 rings (SSSR count). The molecule has 0 bridgehead atoms. The summed E-state index contributed by atoms with van der Waals surface area (Å²) in [6, 6.07) is 0. The summed E-state index contributed by atoms with van der Waals surface area (Å²) in [6.45, 7) is -1.57. The molecule has 11 N–H and O–H groups in total. The Bertz CT molecular complexity index is 2140. The number of aromatic nitrogens is 8. The maximum absolute atomic E-state index is 13.4. The Morgan fingerprint density at radius 3 is 2.00 bits per heavy atom. The van der Waals surface area contributed by atoms with Crippen molar-refractivity contribution < 1.29 is 65.9 Å². The Kier molecular flexibility index (Phi) is 9.16. The molecular weight excluding hydrogens is 741 g/mol. The van der Waals surface area contributed by atoms with E-state index in [1.807, 2.05) is 0 Å². The Labute approximate surface area is 277 Å². The molecule has 10 atom stereocenters. The molecule has 272 valence electrons. The zero-order valence-corrected chi connectivity index (χ0v) is 27.5. The molecule has 4 aromatic heterocycles. The number of aliphatic hydroxyl groups is 1. The summed E-state index contributed by atoms with van der Waals surface area (Å²) >= 11 is 0. The number of nitrogen functional groups attached to an aromatic ring is 2. The van der Waals surface area contributed by atoms with Gasteiger partial charge in [-0.2, -0.15) is 9.97 Å². The van der Waals surface area contributed by atoms with Crippen molar-refractivity contribution in [1.82, 2.24) is 39.0 Å². The number of aromatic amines is 2. The Hall–Kier alpha value is -3.29. The van der Waals surface area contributed by atoms with Crippen molar-refractivity contribution in [2.24, 2.45) is 0 Å². The molecule has 0 spiro atoms. The lowest BCUT2D eigenvalue weighted by atomic mass is 10.1. The van der Waals surface area contributed by atoms with Crippen LogP contribution in [0, 0.1) is 0 Å². The van der Waals surface area contributed by atoms with E-state index in [0.29, 0.717) is 0 Å². The van der Waals surface area contributed by atoms with Gasteiger partial charge in [0.25, 0.3) is 11.1 Å². The minimum absolute atomic E-state index is 0.140. The topological polar surface area (TPSA) is 379 Å². The van der Waals surface area contributed by atoms with E-state index in [0.717, 1.165) is 21.8 Å². The monoisotopic (exact) mass is 768 g/mol. The van der Waals surface area contributed by atoms with E-state index in [1.165, 1.54) is 0 Å². The van der Waals surface area contributed by atoms with Gasteiger partial charge in [-0.25, -0.2) is 19.1 Å². The second kappa shape index (κ2) is 13.0. The van der Waals surface area contributed by atoms with Crippen LogP contribution in [0.1, 0.15) is 18.9 Å². The maximum Gasteiger partial charge on any atom is 0.472 e. The van der Waals surface area contributed by atoms with Crippen LogP contribution in [0.2, 0.25) is 0 Å². The summed E-state index contributed by atoms with van der Waals surface area (Å²) in [7, 11) is -13.5. The number of anilines is 2. The lowest BCUT2D eigenvalue weighted by Gasteiger charge is -2.26. The largest absolute Gasteiger partial charge is 0.472 e. The highest BCUT2D eigenvalue weighted by atomic mass is 31.2. The highest BCUT2D eigenvalue weighted by molar-refractivity contribution is 7.47. The smallest absolute Gasteiger partial charge is 0.386 e. The van der Waals surface area contributed by atoms with Crippen LogP contribution in [0.3, 0.4) is 0 Å². The molecule has 7 heterocycles. The second-order valence-electron chi connectivity index (χ2n) is 11.0. The first-order chi connectivity index (χ1) is 23.6. The zero-order valence-electron chi connectivity index (χ0n) is 24.8. The zero-order chi connectivity index (χ0) is 35.7. The van der Waals surface area contributed by atoms with E-state index in [1.54, 1.807) is 0 Å². The van der Waals surface area contributed by atoms with Gasteiger partial charge in [0.15, 0.2) is 34.8 Å². The molecule has 4 aromatic rings. The van der Waals surface area contributed by atoms with Crippen molar-refractivity contribution in [2.45, 2.75) is 55.5 Å². The van der Waals surface area contributed by atoms with Gasteiger partial charge in [0, 0.05) is 6.42 Å². The van der Waals surface area contributed by atoms with Gasteiger partial charge in [-0.1, -0.05) is 0 Å². The predicted octanol–water partition coefficient (Wildman–Crippen LogP) is -2.42. The Morgan fingerprint density at radius 2 is 1.40 bits per heavy atom. The summed E-state index contributed by atoms with van der Waals surface area (Å²) in [4.78, 5) is 86.2. The number of imidazole rings is 2. The maximum atomic E-state index is 13.4. The van der Waals surface area contributed by atoms with Crippen molar-refractivity contribution in [2.75, 3.05) is 24.7 Å². The fourth-order valence-electron chi connectivity index (χ4n) is 5.81.